The number of hydrogen-bond acceptors (Lipinski definition) is 5. The number of aliphatic hydroxyl groups is 1. The average Bonchev–Trinajstić information content (AvgIpc) is 2.46. The van der Waals surface area contributed by atoms with Crippen molar-refractivity contribution in [1.82, 2.24) is 0 Å². The van der Waals surface area contributed by atoms with Crippen LogP contribution in [0.5, 0.6) is 11.5 Å². The summed E-state index contributed by atoms with van der Waals surface area (Å²) in [4.78, 5) is 1.94. The maximum atomic E-state index is 9.19. The number of hydrogen-bond donors (Lipinski definition) is 1. The number of anilines is 1. The standard InChI is InChI=1S/C15H22N2O3/c1-3-19-13-6-7-15(20-4-2)14(12-13)17(10-11-18)9-5-8-16/h6-7,12,18H,3-5,9-11H2,1-2H3. The molecule has 0 unspecified atom stereocenters. The minimum Gasteiger partial charge on any atom is -0.494 e. The van der Waals surface area contributed by atoms with Gasteiger partial charge >= 0.3 is 0 Å². The fourth-order valence-electron chi connectivity index (χ4n) is 1.94. The van der Waals surface area contributed by atoms with E-state index in [2.05, 4.69) is 6.07 Å². The van der Waals surface area contributed by atoms with Gasteiger partial charge in [0.05, 0.1) is 38.0 Å². The lowest BCUT2D eigenvalue weighted by atomic mass is 10.2. The summed E-state index contributed by atoms with van der Waals surface area (Å²) in [5.74, 6) is 1.49. The number of ether oxygens (including phenoxy) is 2. The smallest absolute Gasteiger partial charge is 0.142 e. The zero-order valence-electron chi connectivity index (χ0n) is 12.1. The number of benzene rings is 1. The van der Waals surface area contributed by atoms with Crippen LogP contribution in [0.2, 0.25) is 0 Å². The molecule has 1 aromatic carbocycles. The molecule has 5 heteroatoms. The molecule has 0 fully saturated rings. The fraction of sp³-hybridized carbons (Fsp3) is 0.533. The Bertz CT molecular complexity index is 443. The summed E-state index contributed by atoms with van der Waals surface area (Å²) in [6.07, 6.45) is 0.393. The maximum Gasteiger partial charge on any atom is 0.142 e. The Labute approximate surface area is 120 Å². The Balaban J connectivity index is 3.05. The zero-order chi connectivity index (χ0) is 14.8. The highest BCUT2D eigenvalue weighted by molar-refractivity contribution is 5.61. The first-order chi connectivity index (χ1) is 9.76. The highest BCUT2D eigenvalue weighted by Gasteiger charge is 2.13. The fourth-order valence-corrected chi connectivity index (χ4v) is 1.94. The molecule has 110 valence electrons. The van der Waals surface area contributed by atoms with Crippen LogP contribution in [0.4, 0.5) is 5.69 Å². The molecule has 0 heterocycles. The van der Waals surface area contributed by atoms with Gasteiger partial charge in [-0.25, -0.2) is 0 Å². The normalized spacial score (nSPS) is 9.90. The molecule has 0 aliphatic rings. The van der Waals surface area contributed by atoms with Crippen molar-refractivity contribution in [3.8, 4) is 17.6 Å². The van der Waals surface area contributed by atoms with Gasteiger partial charge in [0.2, 0.25) is 0 Å². The Morgan fingerprint density at radius 3 is 2.55 bits per heavy atom. The zero-order valence-corrected chi connectivity index (χ0v) is 12.1. The van der Waals surface area contributed by atoms with Gasteiger partial charge in [-0.1, -0.05) is 0 Å². The third-order valence-electron chi connectivity index (χ3n) is 2.75. The van der Waals surface area contributed by atoms with Crippen LogP contribution in [0.1, 0.15) is 20.3 Å². The van der Waals surface area contributed by atoms with Crippen molar-refractivity contribution in [1.29, 1.82) is 5.26 Å². The second-order valence-corrected chi connectivity index (χ2v) is 4.11. The molecule has 0 atom stereocenters. The molecule has 0 saturated heterocycles. The van der Waals surface area contributed by atoms with E-state index in [-0.39, 0.29) is 6.61 Å². The van der Waals surface area contributed by atoms with E-state index >= 15 is 0 Å². The quantitative estimate of drug-likeness (QED) is 0.750. The second kappa shape index (κ2) is 9.05. The first kappa shape index (κ1) is 16.1. The molecule has 0 aliphatic carbocycles. The summed E-state index contributed by atoms with van der Waals surface area (Å²) in [6, 6.07) is 7.73. The van der Waals surface area contributed by atoms with Crippen LogP contribution >= 0.6 is 0 Å². The molecule has 0 amide bonds. The van der Waals surface area contributed by atoms with E-state index in [1.165, 1.54) is 0 Å². The van der Waals surface area contributed by atoms with Crippen molar-refractivity contribution in [2.24, 2.45) is 0 Å². The monoisotopic (exact) mass is 278 g/mol. The second-order valence-electron chi connectivity index (χ2n) is 4.11. The minimum atomic E-state index is 0.0237. The number of rotatable bonds is 9. The highest BCUT2D eigenvalue weighted by atomic mass is 16.5. The Hall–Kier alpha value is -1.93. The lowest BCUT2D eigenvalue weighted by Gasteiger charge is -2.25. The summed E-state index contributed by atoms with van der Waals surface area (Å²) in [7, 11) is 0. The molecule has 1 rings (SSSR count). The van der Waals surface area contributed by atoms with Crippen LogP contribution in [0.3, 0.4) is 0 Å². The Morgan fingerprint density at radius 2 is 1.95 bits per heavy atom. The summed E-state index contributed by atoms with van der Waals surface area (Å²) < 4.78 is 11.1. The SMILES string of the molecule is CCOc1ccc(OCC)c(N(CCO)CCC#N)c1. The summed E-state index contributed by atoms with van der Waals surface area (Å²) in [5, 5.41) is 17.9. The molecule has 0 bridgehead atoms. The van der Waals surface area contributed by atoms with E-state index < -0.39 is 0 Å². The van der Waals surface area contributed by atoms with Gasteiger partial charge in [0, 0.05) is 19.2 Å². The summed E-state index contributed by atoms with van der Waals surface area (Å²) in [6.45, 7) is 6.03. The van der Waals surface area contributed by atoms with E-state index in [9.17, 15) is 5.11 Å². The summed E-state index contributed by atoms with van der Waals surface area (Å²) in [5.41, 5.74) is 0.849. The number of nitrogens with zero attached hydrogens (tertiary/aromatic N) is 2. The molecule has 1 aromatic rings. The largest absolute Gasteiger partial charge is 0.494 e. The van der Waals surface area contributed by atoms with Crippen molar-refractivity contribution in [3.63, 3.8) is 0 Å². The third-order valence-corrected chi connectivity index (χ3v) is 2.75. The van der Waals surface area contributed by atoms with Gasteiger partial charge in [0.15, 0.2) is 0 Å². The molecule has 20 heavy (non-hydrogen) atoms. The van der Waals surface area contributed by atoms with Crippen LogP contribution in [-0.4, -0.2) is 38.0 Å². The van der Waals surface area contributed by atoms with Crippen molar-refractivity contribution in [2.75, 3.05) is 37.8 Å². The van der Waals surface area contributed by atoms with E-state index in [1.807, 2.05) is 36.9 Å². The van der Waals surface area contributed by atoms with E-state index in [1.54, 1.807) is 0 Å². The van der Waals surface area contributed by atoms with Crippen LogP contribution in [-0.2, 0) is 0 Å². The number of aliphatic hydroxyl groups excluding tert-OH is 1. The van der Waals surface area contributed by atoms with Gasteiger partial charge < -0.3 is 19.5 Å². The van der Waals surface area contributed by atoms with Gasteiger partial charge in [-0.3, -0.25) is 0 Å². The van der Waals surface area contributed by atoms with Gasteiger partial charge in [0.1, 0.15) is 11.5 Å². The third kappa shape index (κ3) is 4.63. The highest BCUT2D eigenvalue weighted by Crippen LogP contribution is 2.32. The first-order valence-electron chi connectivity index (χ1n) is 6.89. The van der Waals surface area contributed by atoms with Crippen LogP contribution in [0.25, 0.3) is 0 Å². The first-order valence-corrected chi connectivity index (χ1v) is 6.89. The van der Waals surface area contributed by atoms with Crippen LogP contribution < -0.4 is 14.4 Å². The molecule has 0 aromatic heterocycles. The van der Waals surface area contributed by atoms with Gasteiger partial charge in [-0.15, -0.1) is 0 Å². The van der Waals surface area contributed by atoms with E-state index in [0.717, 1.165) is 17.2 Å². The van der Waals surface area contributed by atoms with Crippen molar-refractivity contribution >= 4 is 5.69 Å². The lowest BCUT2D eigenvalue weighted by Crippen LogP contribution is -2.28. The predicted octanol–water partition coefficient (Wildman–Crippen LogP) is 2.20. The molecule has 0 aliphatic heterocycles. The minimum absolute atomic E-state index is 0.0237. The molecule has 5 nitrogen and oxygen atoms in total. The average molecular weight is 278 g/mol. The Morgan fingerprint density at radius 1 is 1.20 bits per heavy atom. The van der Waals surface area contributed by atoms with E-state index in [4.69, 9.17) is 14.7 Å². The Kier molecular flexibility index (Phi) is 7.30. The van der Waals surface area contributed by atoms with Gasteiger partial charge in [0.25, 0.3) is 0 Å². The van der Waals surface area contributed by atoms with Crippen LogP contribution in [0.15, 0.2) is 18.2 Å². The molecule has 0 saturated carbocycles. The topological polar surface area (TPSA) is 65.7 Å². The lowest BCUT2D eigenvalue weighted by molar-refractivity contribution is 0.300. The van der Waals surface area contributed by atoms with Gasteiger partial charge in [-0.2, -0.15) is 5.26 Å². The van der Waals surface area contributed by atoms with Gasteiger partial charge in [-0.05, 0) is 26.0 Å². The van der Waals surface area contributed by atoms with Crippen molar-refractivity contribution in [2.45, 2.75) is 20.3 Å². The number of nitriles is 1. The molecular formula is C15H22N2O3. The predicted molar refractivity (Wildman–Crippen MR) is 78.3 cm³/mol. The molecule has 1 N–H and O–H groups in total. The summed E-state index contributed by atoms with van der Waals surface area (Å²) >= 11 is 0. The molecule has 0 radical (unpaired) electrons. The van der Waals surface area contributed by atoms with E-state index in [0.29, 0.717) is 32.7 Å². The van der Waals surface area contributed by atoms with Crippen LogP contribution in [0, 0.1) is 11.3 Å². The van der Waals surface area contributed by atoms with Crippen molar-refractivity contribution < 1.29 is 14.6 Å². The molecular weight excluding hydrogens is 256 g/mol. The molecule has 0 spiro atoms. The maximum absolute atomic E-state index is 9.19. The van der Waals surface area contributed by atoms with Crippen molar-refractivity contribution in [3.05, 3.63) is 18.2 Å².